The van der Waals surface area contributed by atoms with Gasteiger partial charge >= 0.3 is 0 Å². The number of amides is 2. The number of ether oxygens (including phenoxy) is 1. The van der Waals surface area contributed by atoms with Crippen molar-refractivity contribution in [1.29, 1.82) is 0 Å². The average Bonchev–Trinajstić information content (AvgIpc) is 3.44. The van der Waals surface area contributed by atoms with Crippen molar-refractivity contribution < 1.29 is 22.7 Å². The monoisotopic (exact) mass is 480 g/mol. The van der Waals surface area contributed by atoms with Gasteiger partial charge in [0.2, 0.25) is 11.8 Å². The molecule has 1 N–H and O–H groups in total. The number of carbonyl (C=O) groups excluding carboxylic acids is 2. The summed E-state index contributed by atoms with van der Waals surface area (Å²) < 4.78 is 31.2. The normalized spacial score (nSPS) is 18.7. The Balaban J connectivity index is 1.42. The van der Waals surface area contributed by atoms with Gasteiger partial charge in [0, 0.05) is 24.2 Å². The number of hydrogen-bond donors (Lipinski definition) is 1. The predicted molar refractivity (Wildman–Crippen MR) is 127 cm³/mol. The molecule has 2 aliphatic rings. The number of nitrogens with one attached hydrogen (secondary N) is 1. The summed E-state index contributed by atoms with van der Waals surface area (Å²) in [5.41, 5.74) is 3.38. The van der Waals surface area contributed by atoms with E-state index >= 15 is 0 Å². The molecule has 1 fully saturated rings. The Labute approximate surface area is 197 Å². The van der Waals surface area contributed by atoms with Crippen LogP contribution in [0.5, 0.6) is 5.75 Å². The minimum Gasteiger partial charge on any atom is -0.497 e. The van der Waals surface area contributed by atoms with Crippen LogP contribution in [0.4, 0.5) is 11.5 Å². The first kappa shape index (κ1) is 22.1. The number of rotatable bonds is 5. The number of aromatic nitrogens is 2. The van der Waals surface area contributed by atoms with Gasteiger partial charge in [-0.15, -0.1) is 0 Å². The SMILES string of the molecule is COc1ccc(N2CC(C(=O)Nc3c4c(nn3-c3cccc(C)c3)CS(=O)(=O)C4)CC2=O)cc1. The van der Waals surface area contributed by atoms with Crippen LogP contribution in [-0.4, -0.2) is 43.7 Å². The maximum atomic E-state index is 13.2. The first-order valence-electron chi connectivity index (χ1n) is 10.9. The first-order valence-corrected chi connectivity index (χ1v) is 12.7. The molecule has 0 aliphatic carbocycles. The van der Waals surface area contributed by atoms with E-state index in [-0.39, 0.29) is 36.3 Å². The van der Waals surface area contributed by atoms with Crippen molar-refractivity contribution in [2.45, 2.75) is 24.9 Å². The summed E-state index contributed by atoms with van der Waals surface area (Å²) in [6, 6.07) is 14.7. The van der Waals surface area contributed by atoms with E-state index in [9.17, 15) is 18.0 Å². The van der Waals surface area contributed by atoms with Crippen LogP contribution in [0.25, 0.3) is 5.69 Å². The zero-order valence-corrected chi connectivity index (χ0v) is 19.6. The van der Waals surface area contributed by atoms with Crippen molar-refractivity contribution in [1.82, 2.24) is 9.78 Å². The second-order valence-electron chi connectivity index (χ2n) is 8.65. The highest BCUT2D eigenvalue weighted by molar-refractivity contribution is 7.90. The molecule has 2 aliphatic heterocycles. The summed E-state index contributed by atoms with van der Waals surface area (Å²) in [7, 11) is -1.74. The van der Waals surface area contributed by atoms with Crippen molar-refractivity contribution in [3.63, 3.8) is 0 Å². The van der Waals surface area contributed by atoms with Gasteiger partial charge in [-0.1, -0.05) is 12.1 Å². The van der Waals surface area contributed by atoms with Gasteiger partial charge in [-0.3, -0.25) is 9.59 Å². The number of methoxy groups -OCH3 is 1. The molecule has 2 aromatic carbocycles. The Bertz CT molecular complexity index is 1400. The summed E-state index contributed by atoms with van der Waals surface area (Å²) in [6.07, 6.45) is 0.0664. The highest BCUT2D eigenvalue weighted by Crippen LogP contribution is 2.34. The number of hydrogen-bond acceptors (Lipinski definition) is 6. The number of benzene rings is 2. The van der Waals surface area contributed by atoms with E-state index in [4.69, 9.17) is 4.74 Å². The fraction of sp³-hybridized carbons (Fsp3) is 0.292. The molecule has 0 radical (unpaired) electrons. The molecule has 10 heteroatoms. The van der Waals surface area contributed by atoms with Crippen molar-refractivity contribution in [3.05, 3.63) is 65.4 Å². The van der Waals surface area contributed by atoms with E-state index in [0.29, 0.717) is 28.5 Å². The first-order chi connectivity index (χ1) is 16.2. The van der Waals surface area contributed by atoms with Gasteiger partial charge < -0.3 is 15.0 Å². The summed E-state index contributed by atoms with van der Waals surface area (Å²) in [5, 5.41) is 7.40. The number of nitrogens with zero attached hydrogens (tertiary/aromatic N) is 3. The van der Waals surface area contributed by atoms with Crippen LogP contribution in [0.15, 0.2) is 48.5 Å². The molecule has 1 atom stereocenters. The van der Waals surface area contributed by atoms with Gasteiger partial charge in [-0.25, -0.2) is 13.1 Å². The third-order valence-corrected chi connectivity index (χ3v) is 7.60. The fourth-order valence-corrected chi connectivity index (χ4v) is 5.92. The van der Waals surface area contributed by atoms with Crippen LogP contribution in [0.2, 0.25) is 0 Å². The summed E-state index contributed by atoms with van der Waals surface area (Å²) in [6.45, 7) is 2.18. The highest BCUT2D eigenvalue weighted by Gasteiger charge is 2.38. The lowest BCUT2D eigenvalue weighted by atomic mass is 10.1. The lowest BCUT2D eigenvalue weighted by Gasteiger charge is -2.17. The van der Waals surface area contributed by atoms with E-state index in [0.717, 1.165) is 11.3 Å². The van der Waals surface area contributed by atoms with E-state index in [1.807, 2.05) is 31.2 Å². The van der Waals surface area contributed by atoms with Crippen molar-refractivity contribution in [3.8, 4) is 11.4 Å². The Hall–Kier alpha value is -3.66. The van der Waals surface area contributed by atoms with Crippen LogP contribution in [-0.2, 0) is 30.9 Å². The molecule has 3 aromatic rings. The van der Waals surface area contributed by atoms with Gasteiger partial charge in [-0.2, -0.15) is 5.10 Å². The zero-order chi connectivity index (χ0) is 24.0. The lowest BCUT2D eigenvalue weighted by molar-refractivity contribution is -0.122. The minimum atomic E-state index is -3.31. The minimum absolute atomic E-state index is 0.0664. The quantitative estimate of drug-likeness (QED) is 0.601. The lowest BCUT2D eigenvalue weighted by Crippen LogP contribution is -2.29. The van der Waals surface area contributed by atoms with E-state index < -0.39 is 15.8 Å². The van der Waals surface area contributed by atoms with Crippen molar-refractivity contribution in [2.24, 2.45) is 5.92 Å². The van der Waals surface area contributed by atoms with Crippen LogP contribution < -0.4 is 15.0 Å². The summed E-state index contributed by atoms with van der Waals surface area (Å²) in [5.74, 6) is -0.373. The zero-order valence-electron chi connectivity index (χ0n) is 18.8. The second-order valence-corrected chi connectivity index (χ2v) is 10.7. The Morgan fingerprint density at radius 2 is 1.88 bits per heavy atom. The third-order valence-electron chi connectivity index (χ3n) is 6.16. The largest absolute Gasteiger partial charge is 0.497 e. The molecular formula is C24H24N4O5S. The second kappa shape index (κ2) is 8.28. The number of anilines is 2. The molecule has 2 amide bonds. The molecule has 34 heavy (non-hydrogen) atoms. The van der Waals surface area contributed by atoms with Gasteiger partial charge in [0.15, 0.2) is 9.84 Å². The number of carbonyl (C=O) groups is 2. The number of sulfone groups is 1. The molecular weight excluding hydrogens is 456 g/mol. The molecule has 0 spiro atoms. The average molecular weight is 481 g/mol. The molecule has 0 bridgehead atoms. The van der Waals surface area contributed by atoms with Gasteiger partial charge in [0.05, 0.1) is 35.9 Å². The van der Waals surface area contributed by atoms with Crippen molar-refractivity contribution in [2.75, 3.05) is 23.9 Å². The van der Waals surface area contributed by atoms with Crippen LogP contribution in [0, 0.1) is 12.8 Å². The smallest absolute Gasteiger partial charge is 0.230 e. The Morgan fingerprint density at radius 1 is 1.12 bits per heavy atom. The molecule has 0 saturated carbocycles. The van der Waals surface area contributed by atoms with Crippen LogP contribution >= 0.6 is 0 Å². The van der Waals surface area contributed by atoms with E-state index in [1.165, 1.54) is 0 Å². The van der Waals surface area contributed by atoms with Gasteiger partial charge in [0.1, 0.15) is 11.6 Å². The molecule has 5 rings (SSSR count). The molecule has 9 nitrogen and oxygen atoms in total. The maximum Gasteiger partial charge on any atom is 0.230 e. The molecule has 1 unspecified atom stereocenters. The number of fused-ring (bicyclic) bond motifs is 1. The molecule has 1 saturated heterocycles. The van der Waals surface area contributed by atoms with Gasteiger partial charge in [0.25, 0.3) is 0 Å². The Kier molecular flexibility index (Phi) is 5.40. The maximum absolute atomic E-state index is 13.2. The van der Waals surface area contributed by atoms with Crippen LogP contribution in [0.3, 0.4) is 0 Å². The highest BCUT2D eigenvalue weighted by atomic mass is 32.2. The third kappa shape index (κ3) is 4.05. The van der Waals surface area contributed by atoms with Gasteiger partial charge in [-0.05, 0) is 48.9 Å². The molecule has 176 valence electrons. The standard InChI is InChI=1S/C24H24N4O5S/c1-15-4-3-5-18(10-15)28-23(20-13-34(31,32)14-21(20)26-28)25-24(30)16-11-22(29)27(12-16)17-6-8-19(33-2)9-7-17/h3-10,16H,11-14H2,1-2H3,(H,25,30). The summed E-state index contributed by atoms with van der Waals surface area (Å²) in [4.78, 5) is 27.5. The van der Waals surface area contributed by atoms with E-state index in [2.05, 4.69) is 10.4 Å². The number of aryl methyl sites for hydroxylation is 1. The van der Waals surface area contributed by atoms with Crippen molar-refractivity contribution >= 4 is 33.2 Å². The predicted octanol–water partition coefficient (Wildman–Crippen LogP) is 2.61. The van der Waals surface area contributed by atoms with E-state index in [1.54, 1.807) is 41.0 Å². The van der Waals surface area contributed by atoms with Crippen LogP contribution in [0.1, 0.15) is 23.2 Å². The summed E-state index contributed by atoms with van der Waals surface area (Å²) >= 11 is 0. The fourth-order valence-electron chi connectivity index (χ4n) is 4.43. The molecule has 3 heterocycles. The Morgan fingerprint density at radius 3 is 2.59 bits per heavy atom. The topological polar surface area (TPSA) is 111 Å². The molecule has 1 aromatic heterocycles.